The molecule has 1 aromatic heterocycles. The van der Waals surface area contributed by atoms with Crippen LogP contribution in [0.2, 0.25) is 0 Å². The van der Waals surface area contributed by atoms with Gasteiger partial charge in [-0.15, -0.1) is 11.3 Å². The Morgan fingerprint density at radius 1 is 1.41 bits per heavy atom. The molecule has 1 rings (SSSR count). The lowest BCUT2D eigenvalue weighted by molar-refractivity contribution is -0.129. The van der Waals surface area contributed by atoms with Gasteiger partial charge in [0.15, 0.2) is 5.78 Å². The van der Waals surface area contributed by atoms with Gasteiger partial charge in [0.2, 0.25) is 0 Å². The molecule has 0 saturated heterocycles. The van der Waals surface area contributed by atoms with Crippen molar-refractivity contribution in [1.82, 2.24) is 4.90 Å². The zero-order valence-electron chi connectivity index (χ0n) is 10.9. The predicted octanol–water partition coefficient (Wildman–Crippen LogP) is 3.74. The largest absolute Gasteiger partial charge is 0.297 e. The van der Waals surface area contributed by atoms with E-state index in [2.05, 4.69) is 34.7 Å². The topological polar surface area (TPSA) is 20.3 Å². The molecule has 0 aliphatic carbocycles. The van der Waals surface area contributed by atoms with Gasteiger partial charge in [-0.1, -0.05) is 13.8 Å². The van der Waals surface area contributed by atoms with E-state index in [4.69, 9.17) is 0 Å². The lowest BCUT2D eigenvalue weighted by Crippen LogP contribution is -2.50. The average molecular weight is 318 g/mol. The summed E-state index contributed by atoms with van der Waals surface area (Å²) in [4.78, 5) is 15.7. The van der Waals surface area contributed by atoms with Crippen molar-refractivity contribution in [3.05, 3.63) is 20.8 Å². The molecule has 1 aromatic rings. The Hall–Kier alpha value is -0.190. The Bertz CT molecular complexity index is 383. The summed E-state index contributed by atoms with van der Waals surface area (Å²) < 4.78 is 1.06. The number of nitrogens with zero attached hydrogens (tertiary/aromatic N) is 1. The highest BCUT2D eigenvalue weighted by Gasteiger charge is 2.36. The van der Waals surface area contributed by atoms with Crippen LogP contribution in [-0.2, 0) is 11.2 Å². The molecule has 4 heteroatoms. The first kappa shape index (κ1) is 14.9. The molecular formula is C13H20BrNOS. The normalized spacial score (nSPS) is 12.1. The molecule has 17 heavy (non-hydrogen) atoms. The maximum Gasteiger partial charge on any atom is 0.158 e. The summed E-state index contributed by atoms with van der Waals surface area (Å²) in [7, 11) is 3.99. The van der Waals surface area contributed by atoms with Crippen LogP contribution in [0, 0.1) is 0 Å². The summed E-state index contributed by atoms with van der Waals surface area (Å²) in [6, 6.07) is 2.04. The van der Waals surface area contributed by atoms with Gasteiger partial charge in [-0.25, -0.2) is 0 Å². The molecule has 0 aliphatic heterocycles. The number of hydrogen-bond acceptors (Lipinski definition) is 3. The number of carbonyl (C=O) groups excluding carboxylic acids is 1. The number of thiophene rings is 1. The lowest BCUT2D eigenvalue weighted by Gasteiger charge is -2.37. The maximum atomic E-state index is 12.5. The van der Waals surface area contributed by atoms with Crippen LogP contribution in [0.3, 0.4) is 0 Å². The number of hydrogen-bond donors (Lipinski definition) is 0. The number of Topliss-reactive ketones (excluding diaryl/α,β-unsaturated/α-hetero) is 1. The number of likely N-dealkylation sites (N-methyl/N-ethyl adjacent to an activating group) is 1. The fourth-order valence-corrected chi connectivity index (χ4v) is 3.75. The molecule has 0 radical (unpaired) electrons. The van der Waals surface area contributed by atoms with Crippen LogP contribution in [-0.4, -0.2) is 30.3 Å². The van der Waals surface area contributed by atoms with E-state index in [-0.39, 0.29) is 5.54 Å². The zero-order valence-corrected chi connectivity index (χ0v) is 13.3. The van der Waals surface area contributed by atoms with Crippen molar-refractivity contribution < 1.29 is 4.79 Å². The Kier molecular flexibility index (Phi) is 5.35. The van der Waals surface area contributed by atoms with Crippen molar-refractivity contribution in [1.29, 1.82) is 0 Å². The third kappa shape index (κ3) is 3.18. The minimum atomic E-state index is -0.309. The SMILES string of the molecule is CCC(CC)(C(=O)Cc1cc(Br)cs1)N(C)C. The zero-order chi connectivity index (χ0) is 13.1. The first-order valence-electron chi connectivity index (χ1n) is 5.90. The van der Waals surface area contributed by atoms with E-state index in [0.717, 1.165) is 22.2 Å². The second-order valence-electron chi connectivity index (χ2n) is 4.46. The molecule has 0 amide bonds. The second kappa shape index (κ2) is 6.12. The van der Waals surface area contributed by atoms with Crippen LogP contribution in [0.5, 0.6) is 0 Å². The van der Waals surface area contributed by atoms with Crippen LogP contribution >= 0.6 is 27.3 Å². The van der Waals surface area contributed by atoms with E-state index < -0.39 is 0 Å². The van der Waals surface area contributed by atoms with Gasteiger partial charge in [0.1, 0.15) is 0 Å². The Morgan fingerprint density at radius 3 is 2.35 bits per heavy atom. The minimum absolute atomic E-state index is 0.309. The van der Waals surface area contributed by atoms with E-state index in [9.17, 15) is 4.79 Å². The van der Waals surface area contributed by atoms with Gasteiger partial charge in [-0.3, -0.25) is 9.69 Å². The monoisotopic (exact) mass is 317 g/mol. The molecule has 0 N–H and O–H groups in total. The van der Waals surface area contributed by atoms with E-state index in [0.29, 0.717) is 12.2 Å². The van der Waals surface area contributed by atoms with Crippen LogP contribution < -0.4 is 0 Å². The smallest absolute Gasteiger partial charge is 0.158 e. The fraction of sp³-hybridized carbons (Fsp3) is 0.615. The number of ketones is 1. The van der Waals surface area contributed by atoms with Crippen LogP contribution in [0.1, 0.15) is 31.6 Å². The molecule has 0 saturated carbocycles. The second-order valence-corrected chi connectivity index (χ2v) is 6.38. The summed E-state index contributed by atoms with van der Waals surface area (Å²) in [6.07, 6.45) is 2.26. The van der Waals surface area contributed by atoms with Gasteiger partial charge < -0.3 is 0 Å². The van der Waals surface area contributed by atoms with Crippen molar-refractivity contribution >= 4 is 33.0 Å². The highest BCUT2D eigenvalue weighted by molar-refractivity contribution is 9.10. The van der Waals surface area contributed by atoms with Crippen LogP contribution in [0.25, 0.3) is 0 Å². The molecule has 96 valence electrons. The van der Waals surface area contributed by atoms with E-state index in [1.165, 1.54) is 0 Å². The summed E-state index contributed by atoms with van der Waals surface area (Å²) in [6.45, 7) is 4.18. The van der Waals surface area contributed by atoms with Gasteiger partial charge in [0.05, 0.1) is 5.54 Å². The van der Waals surface area contributed by atoms with Gasteiger partial charge >= 0.3 is 0 Å². The fourth-order valence-electron chi connectivity index (χ4n) is 2.30. The van der Waals surface area contributed by atoms with Crippen molar-refractivity contribution in [2.75, 3.05) is 14.1 Å². The third-order valence-corrected chi connectivity index (χ3v) is 5.20. The van der Waals surface area contributed by atoms with E-state index in [1.54, 1.807) is 11.3 Å². The Morgan fingerprint density at radius 2 is 2.00 bits per heavy atom. The van der Waals surface area contributed by atoms with Crippen molar-refractivity contribution in [3.63, 3.8) is 0 Å². The number of carbonyl (C=O) groups is 1. The summed E-state index contributed by atoms with van der Waals surface area (Å²) >= 11 is 5.06. The summed E-state index contributed by atoms with van der Waals surface area (Å²) in [5, 5.41) is 2.03. The Balaban J connectivity index is 2.86. The molecular weight excluding hydrogens is 298 g/mol. The number of halogens is 1. The van der Waals surface area contributed by atoms with Crippen LogP contribution in [0.15, 0.2) is 15.9 Å². The maximum absolute atomic E-state index is 12.5. The highest BCUT2D eigenvalue weighted by atomic mass is 79.9. The van der Waals surface area contributed by atoms with Gasteiger partial charge in [-0.2, -0.15) is 0 Å². The minimum Gasteiger partial charge on any atom is -0.297 e. The van der Waals surface area contributed by atoms with E-state index >= 15 is 0 Å². The molecule has 0 spiro atoms. The third-order valence-electron chi connectivity index (χ3n) is 3.50. The first-order valence-corrected chi connectivity index (χ1v) is 7.57. The molecule has 0 fully saturated rings. The predicted molar refractivity (Wildman–Crippen MR) is 77.7 cm³/mol. The van der Waals surface area contributed by atoms with Gasteiger partial charge in [0.25, 0.3) is 0 Å². The van der Waals surface area contributed by atoms with Gasteiger partial charge in [-0.05, 0) is 48.9 Å². The number of rotatable bonds is 6. The van der Waals surface area contributed by atoms with Crippen molar-refractivity contribution in [3.8, 4) is 0 Å². The highest BCUT2D eigenvalue weighted by Crippen LogP contribution is 2.27. The molecule has 0 unspecified atom stereocenters. The standard InChI is InChI=1S/C13H20BrNOS/c1-5-13(6-2,15(3)4)12(16)8-11-7-10(14)9-17-11/h7,9H,5-6,8H2,1-4H3. The van der Waals surface area contributed by atoms with Crippen molar-refractivity contribution in [2.24, 2.45) is 0 Å². The molecule has 0 aliphatic rings. The first-order chi connectivity index (χ1) is 7.96. The summed E-state index contributed by atoms with van der Waals surface area (Å²) in [5.74, 6) is 0.321. The average Bonchev–Trinajstić information content (AvgIpc) is 2.66. The summed E-state index contributed by atoms with van der Waals surface area (Å²) in [5.41, 5.74) is -0.309. The Labute approximate surface area is 116 Å². The quantitative estimate of drug-likeness (QED) is 0.796. The lowest BCUT2D eigenvalue weighted by atomic mass is 9.85. The molecule has 1 heterocycles. The van der Waals surface area contributed by atoms with E-state index in [1.807, 2.05) is 25.5 Å². The van der Waals surface area contributed by atoms with Crippen molar-refractivity contribution in [2.45, 2.75) is 38.6 Å². The van der Waals surface area contributed by atoms with Crippen LogP contribution in [0.4, 0.5) is 0 Å². The molecule has 2 nitrogen and oxygen atoms in total. The molecule has 0 atom stereocenters. The van der Waals surface area contributed by atoms with Gasteiger partial charge in [0, 0.05) is 21.2 Å². The molecule has 0 aromatic carbocycles. The molecule has 0 bridgehead atoms.